The molecule has 6 heteroatoms. The molecule has 0 bridgehead atoms. The van der Waals surface area contributed by atoms with E-state index in [-0.39, 0.29) is 5.84 Å². The van der Waals surface area contributed by atoms with Crippen LogP contribution in [0.2, 0.25) is 0 Å². The number of hydrogen-bond donors (Lipinski definition) is 2. The molecule has 2 rings (SSSR count). The van der Waals surface area contributed by atoms with E-state index in [1.54, 1.807) is 10.7 Å². The fraction of sp³-hybridized carbons (Fsp3) is 0.231. The molecule has 0 fully saturated rings. The van der Waals surface area contributed by atoms with Crippen LogP contribution < -0.4 is 5.73 Å². The maximum atomic E-state index is 8.86. The summed E-state index contributed by atoms with van der Waals surface area (Å²) in [5.41, 5.74) is 8.09. The standard InChI is InChI=1S/C13H15BrN4O/c1-8(2)11-5-6-18(16-11)12-4-3-9(14)7-10(12)13(15)17-19/h3-8,19H,1-2H3,(H2,15,17). The minimum atomic E-state index is 0.0536. The molecular formula is C13H15BrN4O. The van der Waals surface area contributed by atoms with Crippen LogP contribution in [0.5, 0.6) is 0 Å². The van der Waals surface area contributed by atoms with Crippen LogP contribution in [-0.4, -0.2) is 20.8 Å². The van der Waals surface area contributed by atoms with Crippen LogP contribution in [0.1, 0.15) is 31.0 Å². The van der Waals surface area contributed by atoms with Crippen molar-refractivity contribution in [1.82, 2.24) is 9.78 Å². The number of aromatic nitrogens is 2. The van der Waals surface area contributed by atoms with Crippen LogP contribution in [0.25, 0.3) is 5.69 Å². The third-order valence-electron chi connectivity index (χ3n) is 2.79. The quantitative estimate of drug-likeness (QED) is 0.395. The van der Waals surface area contributed by atoms with Gasteiger partial charge in [0.1, 0.15) is 0 Å². The van der Waals surface area contributed by atoms with Crippen molar-refractivity contribution in [2.45, 2.75) is 19.8 Å². The van der Waals surface area contributed by atoms with E-state index < -0.39 is 0 Å². The number of rotatable bonds is 3. The van der Waals surface area contributed by atoms with Crippen molar-refractivity contribution < 1.29 is 5.21 Å². The zero-order chi connectivity index (χ0) is 14.0. The van der Waals surface area contributed by atoms with Gasteiger partial charge in [-0.1, -0.05) is 34.9 Å². The van der Waals surface area contributed by atoms with Gasteiger partial charge in [-0.3, -0.25) is 0 Å². The van der Waals surface area contributed by atoms with E-state index >= 15 is 0 Å². The highest BCUT2D eigenvalue weighted by molar-refractivity contribution is 9.10. The van der Waals surface area contributed by atoms with Crippen molar-refractivity contribution in [2.24, 2.45) is 10.9 Å². The van der Waals surface area contributed by atoms with Crippen molar-refractivity contribution >= 4 is 21.8 Å². The van der Waals surface area contributed by atoms with E-state index in [9.17, 15) is 0 Å². The van der Waals surface area contributed by atoms with Gasteiger partial charge >= 0.3 is 0 Å². The Morgan fingerprint density at radius 1 is 1.42 bits per heavy atom. The number of nitrogens with zero attached hydrogens (tertiary/aromatic N) is 3. The van der Waals surface area contributed by atoms with Gasteiger partial charge in [-0.15, -0.1) is 0 Å². The normalized spacial score (nSPS) is 12.1. The molecule has 100 valence electrons. The first-order valence-electron chi connectivity index (χ1n) is 5.86. The van der Waals surface area contributed by atoms with E-state index in [0.717, 1.165) is 15.9 Å². The number of nitrogens with two attached hydrogens (primary N) is 1. The second-order valence-corrected chi connectivity index (χ2v) is 5.40. The number of amidine groups is 1. The summed E-state index contributed by atoms with van der Waals surface area (Å²) in [5.74, 6) is 0.405. The van der Waals surface area contributed by atoms with Gasteiger partial charge in [0.2, 0.25) is 0 Å². The third-order valence-corrected chi connectivity index (χ3v) is 3.28. The number of halogens is 1. The van der Waals surface area contributed by atoms with Gasteiger partial charge in [0.05, 0.1) is 11.4 Å². The van der Waals surface area contributed by atoms with Crippen LogP contribution in [0, 0.1) is 0 Å². The highest BCUT2D eigenvalue weighted by Gasteiger charge is 2.12. The first-order valence-corrected chi connectivity index (χ1v) is 6.65. The molecule has 0 saturated carbocycles. The fourth-order valence-corrected chi connectivity index (χ4v) is 2.11. The molecule has 0 aliphatic carbocycles. The number of oxime groups is 1. The summed E-state index contributed by atoms with van der Waals surface area (Å²) in [6.45, 7) is 4.16. The lowest BCUT2D eigenvalue weighted by molar-refractivity contribution is 0.318. The molecule has 1 aromatic carbocycles. The van der Waals surface area contributed by atoms with Crippen LogP contribution in [0.15, 0.2) is 40.1 Å². The first kappa shape index (κ1) is 13.6. The summed E-state index contributed by atoms with van der Waals surface area (Å²) in [4.78, 5) is 0. The van der Waals surface area contributed by atoms with Crippen molar-refractivity contribution in [3.63, 3.8) is 0 Å². The Morgan fingerprint density at radius 3 is 2.74 bits per heavy atom. The predicted molar refractivity (Wildman–Crippen MR) is 77.9 cm³/mol. The average Bonchev–Trinajstić information content (AvgIpc) is 2.87. The lowest BCUT2D eigenvalue weighted by Crippen LogP contribution is -2.16. The summed E-state index contributed by atoms with van der Waals surface area (Å²) >= 11 is 3.37. The lowest BCUT2D eigenvalue weighted by atomic mass is 10.1. The van der Waals surface area contributed by atoms with Gasteiger partial charge in [0.15, 0.2) is 5.84 Å². The third kappa shape index (κ3) is 2.78. The van der Waals surface area contributed by atoms with Crippen LogP contribution >= 0.6 is 15.9 Å². The Morgan fingerprint density at radius 2 is 2.16 bits per heavy atom. The van der Waals surface area contributed by atoms with E-state index in [1.165, 1.54) is 0 Å². The number of hydrogen-bond acceptors (Lipinski definition) is 3. The minimum Gasteiger partial charge on any atom is -0.409 e. The molecule has 0 aliphatic heterocycles. The summed E-state index contributed by atoms with van der Waals surface area (Å²) in [6, 6.07) is 7.51. The van der Waals surface area contributed by atoms with Crippen LogP contribution in [-0.2, 0) is 0 Å². The van der Waals surface area contributed by atoms with Crippen LogP contribution in [0.4, 0.5) is 0 Å². The van der Waals surface area contributed by atoms with E-state index in [4.69, 9.17) is 10.9 Å². The lowest BCUT2D eigenvalue weighted by Gasteiger charge is -2.09. The van der Waals surface area contributed by atoms with Gasteiger partial charge in [0, 0.05) is 16.2 Å². The maximum Gasteiger partial charge on any atom is 0.172 e. The topological polar surface area (TPSA) is 76.4 Å². The Hall–Kier alpha value is -1.82. The smallest absolute Gasteiger partial charge is 0.172 e. The predicted octanol–water partition coefficient (Wildman–Crippen LogP) is 2.85. The highest BCUT2D eigenvalue weighted by Crippen LogP contribution is 2.21. The molecule has 19 heavy (non-hydrogen) atoms. The van der Waals surface area contributed by atoms with Gasteiger partial charge in [-0.05, 0) is 30.2 Å². The second-order valence-electron chi connectivity index (χ2n) is 4.49. The summed E-state index contributed by atoms with van der Waals surface area (Å²) in [5, 5.41) is 16.4. The summed E-state index contributed by atoms with van der Waals surface area (Å²) in [7, 11) is 0. The Bertz CT molecular complexity index is 619. The van der Waals surface area contributed by atoms with Gasteiger partial charge < -0.3 is 10.9 Å². The molecule has 0 amide bonds. The molecular weight excluding hydrogens is 308 g/mol. The van der Waals surface area contributed by atoms with Crippen molar-refractivity contribution in [2.75, 3.05) is 0 Å². The molecule has 0 aliphatic rings. The average molecular weight is 323 g/mol. The SMILES string of the molecule is CC(C)c1ccn(-c2ccc(Br)cc2/C(N)=N/O)n1. The molecule has 1 aromatic heterocycles. The molecule has 3 N–H and O–H groups in total. The largest absolute Gasteiger partial charge is 0.409 e. The minimum absolute atomic E-state index is 0.0536. The van der Waals surface area contributed by atoms with Gasteiger partial charge in [-0.2, -0.15) is 5.10 Å². The molecule has 0 atom stereocenters. The summed E-state index contributed by atoms with van der Waals surface area (Å²) in [6.07, 6.45) is 1.87. The van der Waals surface area contributed by atoms with Crippen molar-refractivity contribution in [3.05, 3.63) is 46.2 Å². The molecule has 0 radical (unpaired) electrons. The highest BCUT2D eigenvalue weighted by atomic mass is 79.9. The molecule has 5 nitrogen and oxygen atoms in total. The Kier molecular flexibility index (Phi) is 3.90. The van der Waals surface area contributed by atoms with E-state index in [2.05, 4.69) is 40.0 Å². The Labute approximate surface area is 119 Å². The van der Waals surface area contributed by atoms with Crippen molar-refractivity contribution in [1.29, 1.82) is 0 Å². The van der Waals surface area contributed by atoms with Gasteiger partial charge in [-0.25, -0.2) is 4.68 Å². The Balaban J connectivity index is 2.54. The van der Waals surface area contributed by atoms with Crippen LogP contribution in [0.3, 0.4) is 0 Å². The maximum absolute atomic E-state index is 8.86. The monoisotopic (exact) mass is 322 g/mol. The first-order chi connectivity index (χ1) is 9.02. The molecule has 1 heterocycles. The zero-order valence-corrected chi connectivity index (χ0v) is 12.3. The zero-order valence-electron chi connectivity index (χ0n) is 10.7. The molecule has 2 aromatic rings. The second kappa shape index (κ2) is 5.44. The van der Waals surface area contributed by atoms with E-state index in [0.29, 0.717) is 11.5 Å². The summed E-state index contributed by atoms with van der Waals surface area (Å²) < 4.78 is 2.59. The van der Waals surface area contributed by atoms with Gasteiger partial charge in [0.25, 0.3) is 0 Å². The fourth-order valence-electron chi connectivity index (χ4n) is 1.75. The van der Waals surface area contributed by atoms with E-state index in [1.807, 2.05) is 24.4 Å². The molecule has 0 spiro atoms. The number of benzene rings is 1. The molecule has 0 unspecified atom stereocenters. The molecule has 0 saturated heterocycles. The van der Waals surface area contributed by atoms with Crippen molar-refractivity contribution in [3.8, 4) is 5.69 Å².